The summed E-state index contributed by atoms with van der Waals surface area (Å²) in [6.07, 6.45) is 4.52. The molecule has 6 nitrogen and oxygen atoms in total. The van der Waals surface area contributed by atoms with Crippen molar-refractivity contribution in [3.8, 4) is 11.5 Å². The lowest BCUT2D eigenvalue weighted by Gasteiger charge is -2.34. The van der Waals surface area contributed by atoms with Crippen LogP contribution in [0.4, 0.5) is 0 Å². The fourth-order valence-corrected chi connectivity index (χ4v) is 5.02. The lowest BCUT2D eigenvalue weighted by Crippen LogP contribution is -2.48. The van der Waals surface area contributed by atoms with Crippen molar-refractivity contribution in [2.75, 3.05) is 19.5 Å². The topological polar surface area (TPSA) is 67.9 Å². The van der Waals surface area contributed by atoms with Crippen molar-refractivity contribution in [2.45, 2.75) is 71.1 Å². The molecule has 1 aliphatic rings. The first-order valence-corrected chi connectivity index (χ1v) is 13.9. The van der Waals surface area contributed by atoms with E-state index in [1.165, 1.54) is 0 Å². The van der Waals surface area contributed by atoms with E-state index in [4.69, 9.17) is 32.7 Å². The summed E-state index contributed by atoms with van der Waals surface area (Å²) in [6.45, 7) is 6.43. The first kappa shape index (κ1) is 29.1. The van der Waals surface area contributed by atoms with Gasteiger partial charge in [0.15, 0.2) is 11.5 Å². The molecule has 0 spiro atoms. The molecular weight excluding hydrogens is 511 g/mol. The lowest BCUT2D eigenvalue weighted by molar-refractivity contribution is -0.139. The average molecular weight is 550 g/mol. The number of hydrogen-bond acceptors (Lipinski definition) is 4. The van der Waals surface area contributed by atoms with E-state index in [0.717, 1.165) is 31.2 Å². The molecule has 3 rings (SSSR count). The number of carbonyl (C=O) groups is 2. The van der Waals surface area contributed by atoms with Gasteiger partial charge in [0.2, 0.25) is 11.8 Å². The molecule has 1 aliphatic carbocycles. The Labute approximate surface area is 230 Å². The second kappa shape index (κ2) is 13.9. The molecule has 0 heterocycles. The Bertz CT molecular complexity index is 1040. The van der Waals surface area contributed by atoms with Gasteiger partial charge in [-0.2, -0.15) is 0 Å². The molecule has 37 heavy (non-hydrogen) atoms. The molecule has 0 saturated heterocycles. The van der Waals surface area contributed by atoms with Crippen LogP contribution in [0.1, 0.15) is 63.6 Å². The predicted molar refractivity (Wildman–Crippen MR) is 149 cm³/mol. The largest absolute Gasteiger partial charge is 0.493 e. The molecule has 0 radical (unpaired) electrons. The van der Waals surface area contributed by atoms with Crippen molar-refractivity contribution >= 4 is 35.0 Å². The van der Waals surface area contributed by atoms with Crippen LogP contribution in [0.15, 0.2) is 42.5 Å². The highest BCUT2D eigenvalue weighted by atomic mass is 35.5. The third-order valence-electron chi connectivity index (χ3n) is 6.78. The molecular formula is C29H38Cl2N2O4. The van der Waals surface area contributed by atoms with Crippen molar-refractivity contribution in [1.82, 2.24) is 10.2 Å². The summed E-state index contributed by atoms with van der Waals surface area (Å²) < 4.78 is 11.5. The van der Waals surface area contributed by atoms with E-state index in [0.29, 0.717) is 41.0 Å². The molecule has 0 aromatic heterocycles. The van der Waals surface area contributed by atoms with Gasteiger partial charge in [0.1, 0.15) is 11.9 Å². The average Bonchev–Trinajstić information content (AvgIpc) is 2.88. The quantitative estimate of drug-likeness (QED) is 0.340. The van der Waals surface area contributed by atoms with Crippen LogP contribution in [-0.4, -0.2) is 48.4 Å². The molecule has 0 aliphatic heterocycles. The fourth-order valence-electron chi connectivity index (χ4n) is 4.74. The summed E-state index contributed by atoms with van der Waals surface area (Å²) in [4.78, 5) is 28.6. The third kappa shape index (κ3) is 8.27. The summed E-state index contributed by atoms with van der Waals surface area (Å²) in [6, 6.07) is 12.1. The number of nitrogens with one attached hydrogen (secondary N) is 1. The van der Waals surface area contributed by atoms with Gasteiger partial charge in [-0.05, 0) is 87.3 Å². The van der Waals surface area contributed by atoms with E-state index < -0.39 is 6.04 Å². The SMILES string of the molecule is COc1cc([C@@H](C(=O)NC2CCC(C)CC2)N(CCc2ccc(Cl)cc2)C(=O)CCl)ccc1OC(C)C. The van der Waals surface area contributed by atoms with E-state index in [9.17, 15) is 9.59 Å². The van der Waals surface area contributed by atoms with Crippen LogP contribution in [0.3, 0.4) is 0 Å². The molecule has 2 amide bonds. The van der Waals surface area contributed by atoms with Crippen molar-refractivity contribution in [1.29, 1.82) is 0 Å². The number of alkyl halides is 1. The minimum Gasteiger partial charge on any atom is -0.493 e. The third-order valence-corrected chi connectivity index (χ3v) is 7.26. The van der Waals surface area contributed by atoms with Gasteiger partial charge >= 0.3 is 0 Å². The molecule has 2 aromatic rings. The van der Waals surface area contributed by atoms with E-state index in [2.05, 4.69) is 12.2 Å². The zero-order valence-electron chi connectivity index (χ0n) is 22.1. The Morgan fingerprint density at radius 3 is 2.32 bits per heavy atom. The van der Waals surface area contributed by atoms with E-state index >= 15 is 0 Å². The van der Waals surface area contributed by atoms with Gasteiger partial charge in [-0.15, -0.1) is 11.6 Å². The zero-order chi connectivity index (χ0) is 26.9. The Morgan fingerprint density at radius 2 is 1.73 bits per heavy atom. The molecule has 1 N–H and O–H groups in total. The summed E-state index contributed by atoms with van der Waals surface area (Å²) in [5, 5.41) is 3.87. The highest BCUT2D eigenvalue weighted by Gasteiger charge is 2.33. The van der Waals surface area contributed by atoms with Crippen molar-refractivity contribution < 1.29 is 19.1 Å². The van der Waals surface area contributed by atoms with E-state index in [-0.39, 0.29) is 29.8 Å². The Kier molecular flexibility index (Phi) is 11.0. The van der Waals surface area contributed by atoms with Crippen molar-refractivity contribution in [3.05, 3.63) is 58.6 Å². The van der Waals surface area contributed by atoms with Gasteiger partial charge in [0, 0.05) is 17.6 Å². The first-order valence-electron chi connectivity index (χ1n) is 13.0. The molecule has 1 atom stereocenters. The van der Waals surface area contributed by atoms with Crippen LogP contribution in [0.25, 0.3) is 0 Å². The fraction of sp³-hybridized carbons (Fsp3) is 0.517. The lowest BCUT2D eigenvalue weighted by atomic mass is 9.87. The second-order valence-electron chi connectivity index (χ2n) is 10.0. The second-order valence-corrected chi connectivity index (χ2v) is 10.7. The maximum absolute atomic E-state index is 13.8. The minimum atomic E-state index is -0.861. The van der Waals surface area contributed by atoms with Gasteiger partial charge in [0.05, 0.1) is 13.2 Å². The molecule has 1 fully saturated rings. The van der Waals surface area contributed by atoms with E-state index in [1.54, 1.807) is 24.1 Å². The molecule has 1 saturated carbocycles. The number of carbonyl (C=O) groups excluding carboxylic acids is 2. The molecule has 0 unspecified atom stereocenters. The number of hydrogen-bond donors (Lipinski definition) is 1. The molecule has 2 aromatic carbocycles. The Balaban J connectivity index is 1.95. The number of ether oxygens (including phenoxy) is 2. The number of nitrogens with zero attached hydrogens (tertiary/aromatic N) is 1. The van der Waals surface area contributed by atoms with Crippen LogP contribution in [-0.2, 0) is 16.0 Å². The maximum atomic E-state index is 13.8. The highest BCUT2D eigenvalue weighted by molar-refractivity contribution is 6.30. The molecule has 0 bridgehead atoms. The van der Waals surface area contributed by atoms with E-state index in [1.807, 2.05) is 44.2 Å². The summed E-state index contributed by atoms with van der Waals surface area (Å²) in [7, 11) is 1.56. The number of halogens is 2. The Hall–Kier alpha value is -2.44. The van der Waals surface area contributed by atoms with Crippen LogP contribution in [0, 0.1) is 5.92 Å². The smallest absolute Gasteiger partial charge is 0.247 e. The Morgan fingerprint density at radius 1 is 1.05 bits per heavy atom. The van der Waals surface area contributed by atoms with Gasteiger partial charge in [-0.25, -0.2) is 0 Å². The predicted octanol–water partition coefficient (Wildman–Crippen LogP) is 6.18. The van der Waals surface area contributed by atoms with Gasteiger partial charge in [-0.3, -0.25) is 9.59 Å². The summed E-state index contributed by atoms with van der Waals surface area (Å²) >= 11 is 12.1. The normalized spacial score (nSPS) is 18.2. The van der Waals surface area contributed by atoms with Crippen molar-refractivity contribution in [2.24, 2.45) is 5.92 Å². The molecule has 8 heteroatoms. The summed E-state index contributed by atoms with van der Waals surface area (Å²) in [5.41, 5.74) is 1.65. The van der Waals surface area contributed by atoms with Gasteiger partial charge in [-0.1, -0.05) is 36.7 Å². The standard InChI is InChI=1S/C29H38Cl2N2O4/c1-19(2)37-25-14-9-22(17-26(25)36-4)28(29(35)32-24-12-5-20(3)6-13-24)33(27(34)18-30)16-15-21-7-10-23(31)11-8-21/h7-11,14,17,19-20,24,28H,5-6,12-13,15-16,18H2,1-4H3,(H,32,35)/t20?,24?,28-/m0/s1. The van der Waals surface area contributed by atoms with Gasteiger partial charge in [0.25, 0.3) is 0 Å². The maximum Gasteiger partial charge on any atom is 0.247 e. The van der Waals surface area contributed by atoms with Crippen LogP contribution < -0.4 is 14.8 Å². The zero-order valence-corrected chi connectivity index (χ0v) is 23.6. The monoisotopic (exact) mass is 548 g/mol. The van der Waals surface area contributed by atoms with Crippen LogP contribution >= 0.6 is 23.2 Å². The number of benzene rings is 2. The number of methoxy groups -OCH3 is 1. The first-order chi connectivity index (χ1) is 17.7. The highest BCUT2D eigenvalue weighted by Crippen LogP contribution is 2.34. The van der Waals surface area contributed by atoms with Gasteiger partial charge < -0.3 is 19.7 Å². The minimum absolute atomic E-state index is 0.0405. The number of amides is 2. The number of rotatable bonds is 11. The van der Waals surface area contributed by atoms with Crippen molar-refractivity contribution in [3.63, 3.8) is 0 Å². The molecule has 202 valence electrons. The van der Waals surface area contributed by atoms with Crippen LogP contribution in [0.2, 0.25) is 5.02 Å². The summed E-state index contributed by atoms with van der Waals surface area (Å²) in [5.74, 6) is 1.000. The van der Waals surface area contributed by atoms with Crippen LogP contribution in [0.5, 0.6) is 11.5 Å².